The second kappa shape index (κ2) is 8.63. The SMILES string of the molecule is CCN(CC(=O)N1CCCCCCC1)CC(C)(C)CN. The van der Waals surface area contributed by atoms with Crippen molar-refractivity contribution in [2.24, 2.45) is 11.1 Å². The normalized spacial score (nSPS) is 17.9. The summed E-state index contributed by atoms with van der Waals surface area (Å²) in [6, 6.07) is 0. The smallest absolute Gasteiger partial charge is 0.236 e. The molecular formula is C16H33N3O. The molecule has 0 aromatic rings. The van der Waals surface area contributed by atoms with Gasteiger partial charge in [0.25, 0.3) is 0 Å². The fourth-order valence-electron chi connectivity index (χ4n) is 2.74. The highest BCUT2D eigenvalue weighted by Crippen LogP contribution is 2.15. The molecule has 1 aliphatic heterocycles. The molecule has 0 bridgehead atoms. The molecule has 0 saturated carbocycles. The number of amides is 1. The summed E-state index contributed by atoms with van der Waals surface area (Å²) in [4.78, 5) is 16.8. The zero-order valence-corrected chi connectivity index (χ0v) is 13.7. The third kappa shape index (κ3) is 6.23. The molecule has 20 heavy (non-hydrogen) atoms. The number of hydrogen-bond donors (Lipinski definition) is 1. The van der Waals surface area contributed by atoms with Crippen molar-refractivity contribution in [3.63, 3.8) is 0 Å². The molecule has 4 nitrogen and oxygen atoms in total. The van der Waals surface area contributed by atoms with E-state index in [0.29, 0.717) is 19.0 Å². The lowest BCUT2D eigenvalue weighted by atomic mass is 9.93. The molecule has 1 aliphatic rings. The molecule has 1 heterocycles. The van der Waals surface area contributed by atoms with Gasteiger partial charge in [-0.2, -0.15) is 0 Å². The minimum atomic E-state index is 0.0759. The van der Waals surface area contributed by atoms with Crippen molar-refractivity contribution in [2.45, 2.75) is 52.9 Å². The van der Waals surface area contributed by atoms with Gasteiger partial charge in [0.2, 0.25) is 5.91 Å². The van der Waals surface area contributed by atoms with E-state index in [1.54, 1.807) is 0 Å². The molecule has 1 saturated heterocycles. The van der Waals surface area contributed by atoms with Crippen LogP contribution in [0, 0.1) is 5.41 Å². The molecule has 2 N–H and O–H groups in total. The van der Waals surface area contributed by atoms with Gasteiger partial charge in [-0.25, -0.2) is 0 Å². The predicted molar refractivity (Wildman–Crippen MR) is 84.6 cm³/mol. The first-order valence-corrected chi connectivity index (χ1v) is 8.18. The first kappa shape index (κ1) is 17.4. The minimum Gasteiger partial charge on any atom is -0.342 e. The van der Waals surface area contributed by atoms with Gasteiger partial charge < -0.3 is 10.6 Å². The van der Waals surface area contributed by atoms with E-state index in [2.05, 4.69) is 30.6 Å². The summed E-state index contributed by atoms with van der Waals surface area (Å²) in [5.74, 6) is 0.293. The molecule has 0 atom stereocenters. The Balaban J connectivity index is 2.48. The van der Waals surface area contributed by atoms with E-state index < -0.39 is 0 Å². The zero-order valence-electron chi connectivity index (χ0n) is 13.7. The Morgan fingerprint density at radius 1 is 1.15 bits per heavy atom. The van der Waals surface area contributed by atoms with Crippen molar-refractivity contribution in [2.75, 3.05) is 39.3 Å². The molecule has 0 aromatic carbocycles. The Morgan fingerprint density at radius 3 is 2.20 bits per heavy atom. The van der Waals surface area contributed by atoms with Crippen molar-refractivity contribution in [3.8, 4) is 0 Å². The molecule has 118 valence electrons. The Hall–Kier alpha value is -0.610. The Bertz CT molecular complexity index is 283. The van der Waals surface area contributed by atoms with Gasteiger partial charge in [0.15, 0.2) is 0 Å². The number of nitrogens with zero attached hydrogens (tertiary/aromatic N) is 2. The summed E-state index contributed by atoms with van der Waals surface area (Å²) in [7, 11) is 0. The van der Waals surface area contributed by atoms with Crippen molar-refractivity contribution in [1.29, 1.82) is 0 Å². The Labute approximate surface area is 124 Å². The van der Waals surface area contributed by atoms with Gasteiger partial charge >= 0.3 is 0 Å². The maximum atomic E-state index is 12.5. The Morgan fingerprint density at radius 2 is 1.70 bits per heavy atom. The number of rotatable bonds is 6. The van der Waals surface area contributed by atoms with E-state index >= 15 is 0 Å². The van der Waals surface area contributed by atoms with Gasteiger partial charge in [0.1, 0.15) is 0 Å². The van der Waals surface area contributed by atoms with Crippen molar-refractivity contribution < 1.29 is 4.79 Å². The van der Waals surface area contributed by atoms with Crippen LogP contribution in [-0.2, 0) is 4.79 Å². The number of carbonyl (C=O) groups excluding carboxylic acids is 1. The average molecular weight is 283 g/mol. The van der Waals surface area contributed by atoms with E-state index in [1.165, 1.54) is 19.3 Å². The number of likely N-dealkylation sites (tertiary alicyclic amines) is 1. The fourth-order valence-corrected chi connectivity index (χ4v) is 2.74. The third-order valence-electron chi connectivity index (χ3n) is 4.22. The molecular weight excluding hydrogens is 250 g/mol. The first-order chi connectivity index (χ1) is 9.48. The first-order valence-electron chi connectivity index (χ1n) is 8.18. The van der Waals surface area contributed by atoms with Gasteiger partial charge in [-0.15, -0.1) is 0 Å². The Kier molecular flexibility index (Phi) is 7.52. The summed E-state index contributed by atoms with van der Waals surface area (Å²) >= 11 is 0. The van der Waals surface area contributed by atoms with Crippen LogP contribution in [0.1, 0.15) is 52.9 Å². The number of likely N-dealkylation sites (N-methyl/N-ethyl adjacent to an activating group) is 1. The van der Waals surface area contributed by atoms with E-state index in [4.69, 9.17) is 5.73 Å². The van der Waals surface area contributed by atoms with Gasteiger partial charge in [-0.1, -0.05) is 40.0 Å². The van der Waals surface area contributed by atoms with Crippen LogP contribution in [0.5, 0.6) is 0 Å². The van der Waals surface area contributed by atoms with E-state index in [9.17, 15) is 4.79 Å². The lowest BCUT2D eigenvalue weighted by Crippen LogP contribution is -2.45. The van der Waals surface area contributed by atoms with Crippen LogP contribution in [0.25, 0.3) is 0 Å². The third-order valence-corrected chi connectivity index (χ3v) is 4.22. The van der Waals surface area contributed by atoms with Crippen LogP contribution >= 0.6 is 0 Å². The zero-order chi connectivity index (χ0) is 15.0. The minimum absolute atomic E-state index is 0.0759. The number of hydrogen-bond acceptors (Lipinski definition) is 3. The van der Waals surface area contributed by atoms with E-state index in [-0.39, 0.29) is 5.41 Å². The molecule has 0 aliphatic carbocycles. The molecule has 0 unspecified atom stereocenters. The summed E-state index contributed by atoms with van der Waals surface area (Å²) in [6.45, 7) is 11.3. The fraction of sp³-hybridized carbons (Fsp3) is 0.938. The van der Waals surface area contributed by atoms with Crippen LogP contribution in [0.15, 0.2) is 0 Å². The van der Waals surface area contributed by atoms with Crippen molar-refractivity contribution in [1.82, 2.24) is 9.80 Å². The van der Waals surface area contributed by atoms with Crippen LogP contribution in [-0.4, -0.2) is 55.0 Å². The maximum absolute atomic E-state index is 12.5. The highest BCUT2D eigenvalue weighted by atomic mass is 16.2. The van der Waals surface area contributed by atoms with Gasteiger partial charge in [0.05, 0.1) is 6.54 Å². The predicted octanol–water partition coefficient (Wildman–Crippen LogP) is 2.09. The largest absolute Gasteiger partial charge is 0.342 e. The topological polar surface area (TPSA) is 49.6 Å². The molecule has 0 radical (unpaired) electrons. The van der Waals surface area contributed by atoms with E-state index in [1.807, 2.05) is 0 Å². The monoisotopic (exact) mass is 283 g/mol. The second-order valence-electron chi connectivity index (χ2n) is 6.82. The molecule has 0 aromatic heterocycles. The van der Waals surface area contributed by atoms with Gasteiger partial charge in [-0.05, 0) is 31.3 Å². The van der Waals surface area contributed by atoms with Crippen LogP contribution in [0.3, 0.4) is 0 Å². The highest BCUT2D eigenvalue weighted by molar-refractivity contribution is 5.78. The van der Waals surface area contributed by atoms with Crippen molar-refractivity contribution in [3.05, 3.63) is 0 Å². The number of nitrogens with two attached hydrogens (primary N) is 1. The second-order valence-corrected chi connectivity index (χ2v) is 6.82. The molecule has 1 rings (SSSR count). The molecule has 1 fully saturated rings. The highest BCUT2D eigenvalue weighted by Gasteiger charge is 2.23. The number of carbonyl (C=O) groups is 1. The molecule has 4 heteroatoms. The van der Waals surface area contributed by atoms with E-state index in [0.717, 1.165) is 39.0 Å². The molecule has 1 amide bonds. The molecule has 0 spiro atoms. The summed E-state index contributed by atoms with van der Waals surface area (Å²) in [6.07, 6.45) is 6.18. The van der Waals surface area contributed by atoms with Gasteiger partial charge in [-0.3, -0.25) is 9.69 Å². The van der Waals surface area contributed by atoms with Gasteiger partial charge in [0, 0.05) is 19.6 Å². The standard InChI is InChI=1S/C16H33N3O/c1-4-18(14-16(2,3)13-17)12-15(20)19-10-8-6-5-7-9-11-19/h4-14,17H2,1-3H3. The van der Waals surface area contributed by atoms with Crippen LogP contribution in [0.4, 0.5) is 0 Å². The lowest BCUT2D eigenvalue weighted by Gasteiger charge is -2.33. The quantitative estimate of drug-likeness (QED) is 0.812. The summed E-state index contributed by atoms with van der Waals surface area (Å²) in [5.41, 5.74) is 5.87. The average Bonchev–Trinajstić information content (AvgIpc) is 2.37. The van der Waals surface area contributed by atoms with Crippen LogP contribution < -0.4 is 5.73 Å². The maximum Gasteiger partial charge on any atom is 0.236 e. The lowest BCUT2D eigenvalue weighted by molar-refractivity contribution is -0.133. The summed E-state index contributed by atoms with van der Waals surface area (Å²) < 4.78 is 0. The van der Waals surface area contributed by atoms with Crippen LogP contribution in [0.2, 0.25) is 0 Å². The van der Waals surface area contributed by atoms with Crippen molar-refractivity contribution >= 4 is 5.91 Å². The summed E-state index contributed by atoms with van der Waals surface area (Å²) in [5, 5.41) is 0.